The monoisotopic (exact) mass is 259 g/mol. The fourth-order valence-electron chi connectivity index (χ4n) is 0.698. The first-order valence-corrected chi connectivity index (χ1v) is 6.24. The minimum Gasteiger partial charge on any atom is -0.207 e. The number of hydrogen-bond acceptors (Lipinski definition) is 3. The van der Waals surface area contributed by atoms with Gasteiger partial charge in [0, 0.05) is 14.1 Å². The molecule has 0 aliphatic carbocycles. The summed E-state index contributed by atoms with van der Waals surface area (Å²) in [5.41, 5.74) is 0. The van der Waals surface area contributed by atoms with Gasteiger partial charge in [-0.2, -0.15) is 0 Å². The molecule has 0 aliphatic rings. The maximum Gasteiger partial charge on any atom is 0.244 e. The Morgan fingerprint density at radius 2 is 1.92 bits per heavy atom. The second-order valence-electron chi connectivity index (χ2n) is 2.48. The van der Waals surface area contributed by atoms with Crippen molar-refractivity contribution in [2.24, 2.45) is 0 Å². The predicted molar refractivity (Wildman–Crippen MR) is 55.2 cm³/mol. The molecule has 3 nitrogen and oxygen atoms in total. The van der Waals surface area contributed by atoms with Gasteiger partial charge in [0.25, 0.3) is 0 Å². The molecule has 7 heteroatoms. The van der Waals surface area contributed by atoms with Crippen LogP contribution in [-0.4, -0.2) is 26.8 Å². The van der Waals surface area contributed by atoms with Crippen molar-refractivity contribution in [2.75, 3.05) is 14.1 Å². The van der Waals surface area contributed by atoms with Crippen LogP contribution in [0.3, 0.4) is 0 Å². The van der Waals surface area contributed by atoms with Crippen molar-refractivity contribution in [1.82, 2.24) is 4.31 Å². The first kappa shape index (κ1) is 11.3. The van der Waals surface area contributed by atoms with Gasteiger partial charge in [0.05, 0.1) is 4.34 Å². The van der Waals surface area contributed by atoms with E-state index in [1.54, 1.807) is 0 Å². The van der Waals surface area contributed by atoms with Crippen molar-refractivity contribution in [2.45, 2.75) is 4.90 Å². The summed E-state index contributed by atoms with van der Waals surface area (Å²) in [6.07, 6.45) is 0. The molecule has 1 aromatic rings. The lowest BCUT2D eigenvalue weighted by molar-refractivity contribution is 0.521. The highest BCUT2D eigenvalue weighted by Crippen LogP contribution is 2.35. The lowest BCUT2D eigenvalue weighted by Crippen LogP contribution is -2.21. The van der Waals surface area contributed by atoms with Crippen LogP contribution in [0.25, 0.3) is 0 Å². The van der Waals surface area contributed by atoms with Crippen LogP contribution in [-0.2, 0) is 10.0 Å². The molecule has 0 bridgehead atoms. The van der Waals surface area contributed by atoms with Gasteiger partial charge in [-0.05, 0) is 6.07 Å². The lowest BCUT2D eigenvalue weighted by atomic mass is 10.7. The van der Waals surface area contributed by atoms with Gasteiger partial charge in [0.2, 0.25) is 10.0 Å². The van der Waals surface area contributed by atoms with E-state index < -0.39 is 10.0 Å². The van der Waals surface area contributed by atoms with Gasteiger partial charge in [-0.15, -0.1) is 11.3 Å². The van der Waals surface area contributed by atoms with Crippen molar-refractivity contribution in [1.29, 1.82) is 0 Å². The molecule has 1 aromatic heterocycles. The predicted octanol–water partition coefficient (Wildman–Crippen LogP) is 2.31. The summed E-state index contributed by atoms with van der Waals surface area (Å²) >= 11 is 12.4. The summed E-state index contributed by atoms with van der Waals surface area (Å²) in [7, 11) is -0.576. The highest BCUT2D eigenvalue weighted by molar-refractivity contribution is 7.89. The topological polar surface area (TPSA) is 37.4 Å². The summed E-state index contributed by atoms with van der Waals surface area (Å²) in [6.45, 7) is 0. The zero-order valence-corrected chi connectivity index (χ0v) is 10.1. The summed E-state index contributed by atoms with van der Waals surface area (Å²) in [4.78, 5) is 0.0640. The Kier molecular flexibility index (Phi) is 3.24. The Hall–Kier alpha value is 0.190. The van der Waals surface area contributed by atoms with Gasteiger partial charge < -0.3 is 0 Å². The van der Waals surface area contributed by atoms with Crippen LogP contribution < -0.4 is 0 Å². The Labute approximate surface area is 90.9 Å². The van der Waals surface area contributed by atoms with E-state index >= 15 is 0 Å². The first-order valence-electron chi connectivity index (χ1n) is 3.23. The molecule has 0 aromatic carbocycles. The van der Waals surface area contributed by atoms with Crippen molar-refractivity contribution >= 4 is 44.6 Å². The van der Waals surface area contributed by atoms with Gasteiger partial charge in [0.15, 0.2) is 0 Å². The van der Waals surface area contributed by atoms with Gasteiger partial charge in [-0.25, -0.2) is 12.7 Å². The van der Waals surface area contributed by atoms with E-state index in [1.807, 2.05) is 0 Å². The van der Waals surface area contributed by atoms with E-state index in [0.717, 1.165) is 15.6 Å². The molecule has 0 unspecified atom stereocenters. The number of thiophene rings is 1. The minimum atomic E-state index is -3.46. The standard InChI is InChI=1S/C6H7Cl2NO2S2/c1-9(2)13(10,11)4-3-5(7)12-6(4)8/h3H,1-2H3. The van der Waals surface area contributed by atoms with E-state index in [0.29, 0.717) is 4.34 Å². The van der Waals surface area contributed by atoms with Crippen molar-refractivity contribution < 1.29 is 8.42 Å². The van der Waals surface area contributed by atoms with Crippen molar-refractivity contribution in [3.8, 4) is 0 Å². The van der Waals surface area contributed by atoms with Crippen LogP contribution in [0.2, 0.25) is 8.67 Å². The Balaban J connectivity index is 3.31. The number of nitrogens with zero attached hydrogens (tertiary/aromatic N) is 1. The second-order valence-corrected chi connectivity index (χ2v) is 6.88. The Morgan fingerprint density at radius 3 is 2.23 bits per heavy atom. The third-order valence-electron chi connectivity index (χ3n) is 1.38. The number of halogens is 2. The molecule has 0 aliphatic heterocycles. The first-order chi connectivity index (χ1) is 5.85. The minimum absolute atomic E-state index is 0.0640. The molecule has 0 spiro atoms. The zero-order chi connectivity index (χ0) is 10.2. The number of sulfonamides is 1. The quantitative estimate of drug-likeness (QED) is 0.818. The molecular weight excluding hydrogens is 253 g/mol. The normalized spacial score (nSPS) is 12.4. The van der Waals surface area contributed by atoms with E-state index in [2.05, 4.69) is 0 Å². The van der Waals surface area contributed by atoms with Gasteiger partial charge in [-0.1, -0.05) is 23.2 Å². The molecule has 13 heavy (non-hydrogen) atoms. The smallest absolute Gasteiger partial charge is 0.207 e. The maximum atomic E-state index is 11.6. The number of hydrogen-bond donors (Lipinski definition) is 0. The maximum absolute atomic E-state index is 11.6. The summed E-state index contributed by atoms with van der Waals surface area (Å²) in [5, 5.41) is 0. The summed E-state index contributed by atoms with van der Waals surface area (Å²) in [6, 6.07) is 1.35. The zero-order valence-electron chi connectivity index (χ0n) is 6.91. The van der Waals surface area contributed by atoms with E-state index in [1.165, 1.54) is 20.2 Å². The van der Waals surface area contributed by atoms with Gasteiger partial charge >= 0.3 is 0 Å². The highest BCUT2D eigenvalue weighted by Gasteiger charge is 2.22. The van der Waals surface area contributed by atoms with Crippen molar-refractivity contribution in [3.63, 3.8) is 0 Å². The average Bonchev–Trinajstić information content (AvgIpc) is 2.30. The summed E-state index contributed by atoms with van der Waals surface area (Å²) < 4.78 is 24.8. The SMILES string of the molecule is CN(C)S(=O)(=O)c1cc(Cl)sc1Cl. The highest BCUT2D eigenvalue weighted by atomic mass is 35.5. The molecule has 0 atom stereocenters. The van der Waals surface area contributed by atoms with Gasteiger partial charge in [0.1, 0.15) is 9.23 Å². The Bertz CT molecular complexity index is 410. The van der Waals surface area contributed by atoms with Crippen LogP contribution in [0, 0.1) is 0 Å². The third kappa shape index (κ3) is 2.16. The number of rotatable bonds is 2. The molecule has 1 heterocycles. The fourth-order valence-corrected chi connectivity index (χ4v) is 3.70. The van der Waals surface area contributed by atoms with Crippen molar-refractivity contribution in [3.05, 3.63) is 14.7 Å². The molecule has 0 N–H and O–H groups in total. The van der Waals surface area contributed by atoms with Gasteiger partial charge in [-0.3, -0.25) is 0 Å². The molecule has 0 fully saturated rings. The van der Waals surface area contributed by atoms with Crippen LogP contribution >= 0.6 is 34.5 Å². The summed E-state index contributed by atoms with van der Waals surface area (Å²) in [5.74, 6) is 0. The largest absolute Gasteiger partial charge is 0.244 e. The Morgan fingerprint density at radius 1 is 1.38 bits per heavy atom. The van der Waals surface area contributed by atoms with Crippen LogP contribution in [0.15, 0.2) is 11.0 Å². The third-order valence-corrected chi connectivity index (χ3v) is 4.95. The van der Waals surface area contributed by atoms with E-state index in [9.17, 15) is 8.42 Å². The molecular formula is C6H7Cl2NO2S2. The molecule has 0 radical (unpaired) electrons. The average molecular weight is 260 g/mol. The van der Waals surface area contributed by atoms with Crippen LogP contribution in [0.4, 0.5) is 0 Å². The fraction of sp³-hybridized carbons (Fsp3) is 0.333. The van der Waals surface area contributed by atoms with Crippen LogP contribution in [0.5, 0.6) is 0 Å². The van der Waals surface area contributed by atoms with E-state index in [4.69, 9.17) is 23.2 Å². The molecule has 1 rings (SSSR count). The molecule has 0 saturated carbocycles. The molecule has 0 saturated heterocycles. The molecule has 74 valence electrons. The lowest BCUT2D eigenvalue weighted by Gasteiger charge is -2.09. The molecule has 0 amide bonds. The van der Waals surface area contributed by atoms with E-state index in [-0.39, 0.29) is 9.23 Å². The van der Waals surface area contributed by atoms with Crippen LogP contribution in [0.1, 0.15) is 0 Å². The second kappa shape index (κ2) is 3.74.